The van der Waals surface area contributed by atoms with Gasteiger partial charge in [0.1, 0.15) is 0 Å². The van der Waals surface area contributed by atoms with Gasteiger partial charge in [0.2, 0.25) is 0 Å². The lowest BCUT2D eigenvalue weighted by molar-refractivity contribution is 0.126. The van der Waals surface area contributed by atoms with E-state index >= 15 is 0 Å². The number of likely N-dealkylation sites (tertiary alicyclic amines) is 1. The molecule has 0 bridgehead atoms. The topological polar surface area (TPSA) is 52.6 Å². The van der Waals surface area contributed by atoms with Gasteiger partial charge in [-0.2, -0.15) is 0 Å². The number of rotatable bonds is 4. The van der Waals surface area contributed by atoms with Gasteiger partial charge >= 0.3 is 6.03 Å². The number of nitrogens with zero attached hydrogens (tertiary/aromatic N) is 1. The van der Waals surface area contributed by atoms with E-state index in [9.17, 15) is 9.90 Å². The third kappa shape index (κ3) is 6.81. The predicted molar refractivity (Wildman–Crippen MR) is 78.1 cm³/mol. The number of carbonyl (C=O) groups is 1. The number of urea groups is 1. The number of amides is 2. The van der Waals surface area contributed by atoms with Crippen LogP contribution in [0.15, 0.2) is 0 Å². The number of aliphatic hydroxyl groups is 1. The minimum atomic E-state index is -0.325. The Hall–Kier alpha value is -0.770. The summed E-state index contributed by atoms with van der Waals surface area (Å²) in [5.74, 6) is 0. The van der Waals surface area contributed by atoms with Crippen molar-refractivity contribution >= 4 is 6.03 Å². The highest BCUT2D eigenvalue weighted by Gasteiger charge is 2.22. The quantitative estimate of drug-likeness (QED) is 0.825. The molecule has 1 saturated heterocycles. The summed E-state index contributed by atoms with van der Waals surface area (Å²) in [5, 5.41) is 12.5. The van der Waals surface area contributed by atoms with Crippen LogP contribution in [0.25, 0.3) is 0 Å². The average Bonchev–Trinajstić information content (AvgIpc) is 2.23. The Balaban J connectivity index is 2.36. The first-order valence-electron chi connectivity index (χ1n) is 7.61. The molecule has 0 spiro atoms. The van der Waals surface area contributed by atoms with Gasteiger partial charge in [0.15, 0.2) is 0 Å². The minimum absolute atomic E-state index is 0.0561. The maximum Gasteiger partial charge on any atom is 0.317 e. The molecule has 0 aromatic carbocycles. The molecule has 0 aliphatic carbocycles. The number of hydrogen-bond donors (Lipinski definition) is 2. The summed E-state index contributed by atoms with van der Waals surface area (Å²) in [6.45, 7) is 8.32. The summed E-state index contributed by atoms with van der Waals surface area (Å²) in [6, 6.07) is 0.0561. The number of hydrogen-bond acceptors (Lipinski definition) is 2. The fourth-order valence-electron chi connectivity index (χ4n) is 2.75. The van der Waals surface area contributed by atoms with Crippen LogP contribution in [0, 0.1) is 5.41 Å². The molecule has 1 aliphatic heterocycles. The van der Waals surface area contributed by atoms with E-state index < -0.39 is 0 Å². The zero-order chi connectivity index (χ0) is 14.3. The molecule has 0 aromatic heterocycles. The van der Waals surface area contributed by atoms with Gasteiger partial charge in [0, 0.05) is 19.6 Å². The maximum absolute atomic E-state index is 12.1. The van der Waals surface area contributed by atoms with Gasteiger partial charge in [-0.15, -0.1) is 0 Å². The Morgan fingerprint density at radius 2 is 1.74 bits per heavy atom. The summed E-state index contributed by atoms with van der Waals surface area (Å²) < 4.78 is 0. The zero-order valence-electron chi connectivity index (χ0n) is 12.7. The number of carbonyl (C=O) groups excluding carboxylic acids is 1. The van der Waals surface area contributed by atoms with E-state index in [0.29, 0.717) is 13.0 Å². The summed E-state index contributed by atoms with van der Waals surface area (Å²) >= 11 is 0. The van der Waals surface area contributed by atoms with E-state index in [0.717, 1.165) is 25.9 Å². The van der Waals surface area contributed by atoms with E-state index in [2.05, 4.69) is 19.2 Å². The Bertz CT molecular complexity index is 269. The van der Waals surface area contributed by atoms with Crippen molar-refractivity contribution in [1.82, 2.24) is 10.2 Å². The average molecular weight is 270 g/mol. The first kappa shape index (κ1) is 16.3. The van der Waals surface area contributed by atoms with Crippen LogP contribution in [0.5, 0.6) is 0 Å². The first-order valence-corrected chi connectivity index (χ1v) is 7.61. The molecule has 0 saturated carbocycles. The van der Waals surface area contributed by atoms with Crippen LogP contribution < -0.4 is 5.32 Å². The van der Waals surface area contributed by atoms with Crippen LogP contribution in [-0.2, 0) is 0 Å². The molecule has 112 valence electrons. The molecule has 1 unspecified atom stereocenters. The monoisotopic (exact) mass is 270 g/mol. The lowest BCUT2D eigenvalue weighted by Crippen LogP contribution is -2.45. The van der Waals surface area contributed by atoms with Crippen molar-refractivity contribution in [1.29, 1.82) is 0 Å². The standard InChI is InChI=1S/C15H30N2O2/c1-13(18)11-15(2,3)12-16-14(19)17-9-7-5-4-6-8-10-17/h13,18H,4-12H2,1-3H3,(H,16,19). The first-order chi connectivity index (χ1) is 8.91. The van der Waals surface area contributed by atoms with E-state index in [1.54, 1.807) is 6.92 Å². The van der Waals surface area contributed by atoms with Crippen LogP contribution >= 0.6 is 0 Å². The van der Waals surface area contributed by atoms with Crippen molar-refractivity contribution in [3.63, 3.8) is 0 Å². The van der Waals surface area contributed by atoms with Gasteiger partial charge in [-0.1, -0.05) is 33.1 Å². The minimum Gasteiger partial charge on any atom is -0.393 e. The second kappa shape index (κ2) is 7.73. The Morgan fingerprint density at radius 1 is 1.21 bits per heavy atom. The second-order valence-electron chi connectivity index (χ2n) is 6.63. The molecule has 4 nitrogen and oxygen atoms in total. The smallest absolute Gasteiger partial charge is 0.317 e. The summed E-state index contributed by atoms with van der Waals surface area (Å²) in [7, 11) is 0. The molecule has 2 N–H and O–H groups in total. The van der Waals surface area contributed by atoms with Crippen molar-refractivity contribution in [3.8, 4) is 0 Å². The molecule has 1 aliphatic rings. The lowest BCUT2D eigenvalue weighted by atomic mass is 9.87. The normalized spacial score (nSPS) is 19.5. The van der Waals surface area contributed by atoms with Gasteiger partial charge in [-0.05, 0) is 31.6 Å². The van der Waals surface area contributed by atoms with Crippen LogP contribution in [0.1, 0.15) is 59.3 Å². The van der Waals surface area contributed by atoms with Crippen LogP contribution in [0.3, 0.4) is 0 Å². The molecule has 2 amide bonds. The van der Waals surface area contributed by atoms with Gasteiger partial charge in [0.05, 0.1) is 6.10 Å². The molecule has 4 heteroatoms. The molecule has 1 heterocycles. The second-order valence-corrected chi connectivity index (χ2v) is 6.63. The zero-order valence-corrected chi connectivity index (χ0v) is 12.7. The molecule has 19 heavy (non-hydrogen) atoms. The van der Waals surface area contributed by atoms with Crippen LogP contribution in [0.2, 0.25) is 0 Å². The molecule has 0 radical (unpaired) electrons. The Labute approximate surface area is 117 Å². The van der Waals surface area contributed by atoms with E-state index in [4.69, 9.17) is 0 Å². The third-order valence-electron chi connectivity index (χ3n) is 3.71. The molecule has 1 fully saturated rings. The van der Waals surface area contributed by atoms with Crippen molar-refractivity contribution in [2.45, 2.75) is 65.4 Å². The predicted octanol–water partition coefficient (Wildman–Crippen LogP) is 2.76. The lowest BCUT2D eigenvalue weighted by Gasteiger charge is -2.30. The molecule has 1 atom stereocenters. The largest absolute Gasteiger partial charge is 0.393 e. The third-order valence-corrected chi connectivity index (χ3v) is 3.71. The van der Waals surface area contributed by atoms with E-state index in [1.807, 2.05) is 4.90 Å². The highest BCUT2D eigenvalue weighted by molar-refractivity contribution is 5.74. The van der Waals surface area contributed by atoms with Crippen molar-refractivity contribution in [2.24, 2.45) is 5.41 Å². The fraction of sp³-hybridized carbons (Fsp3) is 0.933. The summed E-state index contributed by atoms with van der Waals surface area (Å²) in [4.78, 5) is 14.1. The molecule has 1 rings (SSSR count). The fourth-order valence-corrected chi connectivity index (χ4v) is 2.75. The number of aliphatic hydroxyl groups excluding tert-OH is 1. The molecular formula is C15H30N2O2. The SMILES string of the molecule is CC(O)CC(C)(C)CNC(=O)N1CCCCCCC1. The van der Waals surface area contributed by atoms with Crippen LogP contribution in [0.4, 0.5) is 4.79 Å². The Kier molecular flexibility index (Phi) is 6.63. The molecule has 0 aromatic rings. The summed E-state index contributed by atoms with van der Waals surface area (Å²) in [5.41, 5.74) is -0.0629. The van der Waals surface area contributed by atoms with Gasteiger partial charge < -0.3 is 15.3 Å². The maximum atomic E-state index is 12.1. The van der Waals surface area contributed by atoms with Crippen LogP contribution in [-0.4, -0.2) is 41.8 Å². The van der Waals surface area contributed by atoms with Gasteiger partial charge in [0.25, 0.3) is 0 Å². The van der Waals surface area contributed by atoms with Gasteiger partial charge in [-0.25, -0.2) is 4.79 Å². The molecular weight excluding hydrogens is 240 g/mol. The van der Waals surface area contributed by atoms with Crippen molar-refractivity contribution in [2.75, 3.05) is 19.6 Å². The Morgan fingerprint density at radius 3 is 2.26 bits per heavy atom. The summed E-state index contributed by atoms with van der Waals surface area (Å²) in [6.07, 6.45) is 6.38. The van der Waals surface area contributed by atoms with Gasteiger partial charge in [-0.3, -0.25) is 0 Å². The highest BCUT2D eigenvalue weighted by Crippen LogP contribution is 2.21. The van der Waals surface area contributed by atoms with E-state index in [1.165, 1.54) is 19.3 Å². The van der Waals surface area contributed by atoms with Crippen molar-refractivity contribution in [3.05, 3.63) is 0 Å². The highest BCUT2D eigenvalue weighted by atomic mass is 16.3. The van der Waals surface area contributed by atoms with E-state index in [-0.39, 0.29) is 17.6 Å². The van der Waals surface area contributed by atoms with Crippen molar-refractivity contribution < 1.29 is 9.90 Å². The number of nitrogens with one attached hydrogen (secondary N) is 1.